The van der Waals surface area contributed by atoms with Gasteiger partial charge in [-0.05, 0) is 37.6 Å². The highest BCUT2D eigenvalue weighted by Crippen LogP contribution is 2.17. The first-order valence-electron chi connectivity index (χ1n) is 7.56. The van der Waals surface area contributed by atoms with E-state index >= 15 is 0 Å². The Morgan fingerprint density at radius 2 is 2.00 bits per heavy atom. The van der Waals surface area contributed by atoms with Crippen LogP contribution in [0.1, 0.15) is 26.0 Å². The van der Waals surface area contributed by atoms with Crippen molar-refractivity contribution in [2.75, 3.05) is 7.11 Å². The average molecular weight is 318 g/mol. The lowest BCUT2D eigenvalue weighted by atomic mass is 10.2. The lowest BCUT2D eigenvalue weighted by molar-refractivity contribution is -0.122. The summed E-state index contributed by atoms with van der Waals surface area (Å²) in [6.07, 6.45) is 2.60. The predicted octanol–water partition coefficient (Wildman–Crippen LogP) is 1.78. The van der Waals surface area contributed by atoms with Crippen molar-refractivity contribution in [1.29, 1.82) is 0 Å². The molecular weight excluding hydrogens is 296 g/mol. The van der Waals surface area contributed by atoms with Gasteiger partial charge in [-0.2, -0.15) is 0 Å². The smallest absolute Gasteiger partial charge is 0.242 e. The second-order valence-corrected chi connectivity index (χ2v) is 5.25. The maximum atomic E-state index is 11.8. The monoisotopic (exact) mass is 318 g/mol. The minimum Gasteiger partial charge on any atom is -0.497 e. The van der Waals surface area contributed by atoms with Crippen LogP contribution in [0.5, 0.6) is 11.5 Å². The molecule has 23 heavy (non-hydrogen) atoms. The summed E-state index contributed by atoms with van der Waals surface area (Å²) in [5.74, 6) is 1.41. The van der Waals surface area contributed by atoms with Crippen LogP contribution in [0.3, 0.4) is 0 Å². The van der Waals surface area contributed by atoms with Gasteiger partial charge < -0.3 is 14.8 Å². The Labute approximate surface area is 135 Å². The van der Waals surface area contributed by atoms with Crippen LogP contribution in [0.2, 0.25) is 0 Å². The standard InChI is InChI=1S/C16H22N4O3/c1-4-12(2)17-16(21)10-20-9-13(18-19-20)11-23-15-7-5-14(22-3)6-8-15/h5-9,12H,4,10-11H2,1-3H3,(H,17,21). The number of nitrogens with zero attached hydrogens (tertiary/aromatic N) is 3. The molecule has 0 spiro atoms. The van der Waals surface area contributed by atoms with Crippen LogP contribution in [-0.4, -0.2) is 34.1 Å². The van der Waals surface area contributed by atoms with Crippen LogP contribution in [0.25, 0.3) is 0 Å². The number of hydrogen-bond donors (Lipinski definition) is 1. The van der Waals surface area contributed by atoms with Gasteiger partial charge in [-0.15, -0.1) is 5.10 Å². The lowest BCUT2D eigenvalue weighted by Crippen LogP contribution is -2.34. The van der Waals surface area contributed by atoms with E-state index in [1.807, 2.05) is 38.1 Å². The van der Waals surface area contributed by atoms with Gasteiger partial charge in [0.15, 0.2) is 0 Å². The van der Waals surface area contributed by atoms with Crippen molar-refractivity contribution in [3.05, 3.63) is 36.2 Å². The molecule has 1 atom stereocenters. The summed E-state index contributed by atoms with van der Waals surface area (Å²) in [6.45, 7) is 4.43. The molecule has 1 aromatic carbocycles. The minimum atomic E-state index is -0.0770. The number of amides is 1. The zero-order valence-corrected chi connectivity index (χ0v) is 13.7. The van der Waals surface area contributed by atoms with Gasteiger partial charge in [0.25, 0.3) is 0 Å². The summed E-state index contributed by atoms with van der Waals surface area (Å²) in [5.41, 5.74) is 0.664. The minimum absolute atomic E-state index is 0.0770. The molecule has 0 aliphatic carbocycles. The van der Waals surface area contributed by atoms with Gasteiger partial charge >= 0.3 is 0 Å². The van der Waals surface area contributed by atoms with Crippen molar-refractivity contribution >= 4 is 5.91 Å². The van der Waals surface area contributed by atoms with E-state index in [1.54, 1.807) is 13.3 Å². The van der Waals surface area contributed by atoms with Crippen LogP contribution in [0.4, 0.5) is 0 Å². The maximum absolute atomic E-state index is 11.8. The van der Waals surface area contributed by atoms with E-state index in [9.17, 15) is 4.79 Å². The number of nitrogens with one attached hydrogen (secondary N) is 1. The number of hydrogen-bond acceptors (Lipinski definition) is 5. The van der Waals surface area contributed by atoms with Crippen molar-refractivity contribution in [2.24, 2.45) is 0 Å². The van der Waals surface area contributed by atoms with Gasteiger partial charge in [0.2, 0.25) is 5.91 Å². The Morgan fingerprint density at radius 3 is 2.65 bits per heavy atom. The highest BCUT2D eigenvalue weighted by molar-refractivity contribution is 5.75. The zero-order chi connectivity index (χ0) is 16.7. The molecule has 1 aromatic heterocycles. The zero-order valence-electron chi connectivity index (χ0n) is 13.7. The fraction of sp³-hybridized carbons (Fsp3) is 0.438. The molecule has 0 aliphatic heterocycles. The van der Waals surface area contributed by atoms with Gasteiger partial charge in [0, 0.05) is 6.04 Å². The molecule has 2 rings (SSSR count). The molecule has 2 aromatic rings. The number of rotatable bonds is 8. The third-order valence-electron chi connectivity index (χ3n) is 3.36. The van der Waals surface area contributed by atoms with E-state index in [1.165, 1.54) is 4.68 Å². The lowest BCUT2D eigenvalue weighted by Gasteiger charge is -2.10. The molecule has 7 nitrogen and oxygen atoms in total. The average Bonchev–Trinajstić information content (AvgIpc) is 3.00. The summed E-state index contributed by atoms with van der Waals surface area (Å²) in [4.78, 5) is 11.8. The largest absolute Gasteiger partial charge is 0.497 e. The van der Waals surface area contributed by atoms with Gasteiger partial charge in [-0.3, -0.25) is 4.79 Å². The first-order chi connectivity index (χ1) is 11.1. The first kappa shape index (κ1) is 16.8. The topological polar surface area (TPSA) is 78.3 Å². The van der Waals surface area contributed by atoms with Crippen LogP contribution in [0, 0.1) is 0 Å². The van der Waals surface area contributed by atoms with Gasteiger partial charge in [-0.25, -0.2) is 4.68 Å². The first-order valence-corrected chi connectivity index (χ1v) is 7.56. The second-order valence-electron chi connectivity index (χ2n) is 5.25. The van der Waals surface area contributed by atoms with E-state index in [0.717, 1.165) is 17.9 Å². The van der Waals surface area contributed by atoms with Crippen LogP contribution in [0.15, 0.2) is 30.5 Å². The molecule has 1 N–H and O–H groups in total. The van der Waals surface area contributed by atoms with Gasteiger partial charge in [0.1, 0.15) is 30.3 Å². The number of methoxy groups -OCH3 is 1. The van der Waals surface area contributed by atoms with Crippen LogP contribution < -0.4 is 14.8 Å². The molecule has 0 saturated carbocycles. The summed E-state index contributed by atoms with van der Waals surface area (Å²) in [5, 5.41) is 10.8. The SMILES string of the molecule is CCC(C)NC(=O)Cn1cc(COc2ccc(OC)cc2)nn1. The normalized spacial score (nSPS) is 11.8. The Balaban J connectivity index is 1.83. The number of carbonyl (C=O) groups is 1. The quantitative estimate of drug-likeness (QED) is 0.802. The third kappa shape index (κ3) is 5.28. The number of carbonyl (C=O) groups excluding carboxylic acids is 1. The van der Waals surface area contributed by atoms with E-state index in [4.69, 9.17) is 9.47 Å². The molecule has 0 saturated heterocycles. The van der Waals surface area contributed by atoms with Crippen molar-refractivity contribution < 1.29 is 14.3 Å². The van der Waals surface area contributed by atoms with E-state index in [0.29, 0.717) is 12.3 Å². The van der Waals surface area contributed by atoms with Crippen molar-refractivity contribution in [3.63, 3.8) is 0 Å². The van der Waals surface area contributed by atoms with E-state index in [2.05, 4.69) is 15.6 Å². The molecule has 0 radical (unpaired) electrons. The van der Waals surface area contributed by atoms with Crippen LogP contribution in [-0.2, 0) is 17.9 Å². The summed E-state index contributed by atoms with van der Waals surface area (Å²) in [7, 11) is 1.62. The Hall–Kier alpha value is -2.57. The second kappa shape index (κ2) is 8.17. The predicted molar refractivity (Wildman–Crippen MR) is 85.2 cm³/mol. The fourth-order valence-corrected chi connectivity index (χ4v) is 1.88. The number of aromatic nitrogens is 3. The molecule has 0 bridgehead atoms. The molecule has 1 heterocycles. The van der Waals surface area contributed by atoms with E-state index in [-0.39, 0.29) is 18.5 Å². The van der Waals surface area contributed by atoms with Crippen molar-refractivity contribution in [1.82, 2.24) is 20.3 Å². The van der Waals surface area contributed by atoms with Gasteiger partial charge in [0.05, 0.1) is 13.3 Å². The molecule has 0 fully saturated rings. The Bertz CT molecular complexity index is 625. The summed E-state index contributed by atoms with van der Waals surface area (Å²) in [6, 6.07) is 7.45. The van der Waals surface area contributed by atoms with Crippen molar-refractivity contribution in [2.45, 2.75) is 39.5 Å². The van der Waals surface area contributed by atoms with E-state index < -0.39 is 0 Å². The molecular formula is C16H22N4O3. The Morgan fingerprint density at radius 1 is 1.30 bits per heavy atom. The third-order valence-corrected chi connectivity index (χ3v) is 3.36. The molecule has 0 aliphatic rings. The number of benzene rings is 1. The molecule has 124 valence electrons. The summed E-state index contributed by atoms with van der Waals surface area (Å²) >= 11 is 0. The maximum Gasteiger partial charge on any atom is 0.242 e. The highest BCUT2D eigenvalue weighted by Gasteiger charge is 2.08. The van der Waals surface area contributed by atoms with Gasteiger partial charge in [-0.1, -0.05) is 12.1 Å². The fourth-order valence-electron chi connectivity index (χ4n) is 1.88. The number of ether oxygens (including phenoxy) is 2. The Kier molecular flexibility index (Phi) is 5.96. The van der Waals surface area contributed by atoms with Crippen LogP contribution >= 0.6 is 0 Å². The summed E-state index contributed by atoms with van der Waals surface area (Å²) < 4.78 is 12.2. The highest BCUT2D eigenvalue weighted by atomic mass is 16.5. The molecule has 1 amide bonds. The molecule has 7 heteroatoms. The molecule has 1 unspecified atom stereocenters. The van der Waals surface area contributed by atoms with Crippen molar-refractivity contribution in [3.8, 4) is 11.5 Å².